The number of benzene rings is 1. The van der Waals surface area contributed by atoms with Crippen molar-refractivity contribution in [3.63, 3.8) is 0 Å². The molecule has 150 valence electrons. The van der Waals surface area contributed by atoms with E-state index in [0.29, 0.717) is 5.95 Å². The first kappa shape index (κ1) is 20.0. The van der Waals surface area contributed by atoms with Crippen molar-refractivity contribution in [2.75, 3.05) is 24.3 Å². The number of carbonyl (C=O) groups excluding carboxylic acids is 1. The van der Waals surface area contributed by atoms with Crippen molar-refractivity contribution in [3.8, 4) is 0 Å². The predicted octanol–water partition coefficient (Wildman–Crippen LogP) is 3.28. The van der Waals surface area contributed by atoms with Crippen LogP contribution in [0.25, 0.3) is 0 Å². The molecule has 8 heteroatoms. The molecule has 1 fully saturated rings. The van der Waals surface area contributed by atoms with Crippen molar-refractivity contribution >= 4 is 17.7 Å². The maximum atomic E-state index is 13.3. The molecule has 0 saturated heterocycles. The van der Waals surface area contributed by atoms with Crippen LogP contribution >= 0.6 is 0 Å². The summed E-state index contributed by atoms with van der Waals surface area (Å²) in [6, 6.07) is 3.47. The number of hydrogen-bond acceptors (Lipinski definition) is 5. The van der Waals surface area contributed by atoms with Crippen molar-refractivity contribution in [3.05, 3.63) is 47.2 Å². The van der Waals surface area contributed by atoms with Crippen LogP contribution < -0.4 is 15.5 Å². The summed E-state index contributed by atoms with van der Waals surface area (Å²) in [5.41, 5.74) is 1.12. The van der Waals surface area contributed by atoms with E-state index in [1.165, 1.54) is 6.07 Å². The van der Waals surface area contributed by atoms with E-state index < -0.39 is 11.6 Å². The molecular formula is C20H25F2N5O. The third kappa shape index (κ3) is 4.74. The molecule has 0 radical (unpaired) electrons. The molecule has 1 aliphatic rings. The molecule has 1 amide bonds. The third-order valence-electron chi connectivity index (χ3n) is 4.94. The molecule has 6 nitrogen and oxygen atoms in total. The minimum absolute atomic E-state index is 0.0162. The highest BCUT2D eigenvalue weighted by atomic mass is 19.2. The summed E-state index contributed by atoms with van der Waals surface area (Å²) in [7, 11) is 3.80. The van der Waals surface area contributed by atoms with Gasteiger partial charge in [0.2, 0.25) is 5.95 Å². The van der Waals surface area contributed by atoms with Crippen LogP contribution in [-0.2, 0) is 0 Å². The lowest BCUT2D eigenvalue weighted by atomic mass is 9.91. The molecule has 3 rings (SSSR count). The number of halogens is 2. The summed E-state index contributed by atoms with van der Waals surface area (Å²) in [4.78, 5) is 23.0. The number of anilines is 2. The average molecular weight is 389 g/mol. The van der Waals surface area contributed by atoms with Gasteiger partial charge in [0.25, 0.3) is 5.91 Å². The summed E-state index contributed by atoms with van der Waals surface area (Å²) in [6.07, 6.45) is 5.17. The number of aryl methyl sites for hydroxylation is 1. The van der Waals surface area contributed by atoms with Gasteiger partial charge in [0, 0.05) is 43.5 Å². The molecule has 2 N–H and O–H groups in total. The number of nitrogens with one attached hydrogen (secondary N) is 2. The smallest absolute Gasteiger partial charge is 0.251 e. The first-order valence-corrected chi connectivity index (χ1v) is 9.37. The normalized spacial score (nSPS) is 19.2. The average Bonchev–Trinajstić information content (AvgIpc) is 2.67. The zero-order valence-electron chi connectivity index (χ0n) is 16.3. The highest BCUT2D eigenvalue weighted by Crippen LogP contribution is 2.24. The van der Waals surface area contributed by atoms with Gasteiger partial charge in [-0.05, 0) is 50.8 Å². The Kier molecular flexibility index (Phi) is 6.06. The van der Waals surface area contributed by atoms with E-state index in [1.54, 1.807) is 6.20 Å². The van der Waals surface area contributed by atoms with E-state index in [9.17, 15) is 13.6 Å². The third-order valence-corrected chi connectivity index (χ3v) is 4.94. The molecular weight excluding hydrogens is 364 g/mol. The largest absolute Gasteiger partial charge is 0.367 e. The molecule has 2 aromatic rings. The fourth-order valence-electron chi connectivity index (χ4n) is 3.28. The summed E-state index contributed by atoms with van der Waals surface area (Å²) in [5, 5.41) is 6.40. The van der Waals surface area contributed by atoms with Gasteiger partial charge in [-0.25, -0.2) is 13.8 Å². The van der Waals surface area contributed by atoms with Crippen LogP contribution in [0, 0.1) is 18.6 Å². The molecule has 0 spiro atoms. The number of carbonyl (C=O) groups is 1. The Balaban J connectivity index is 1.54. The van der Waals surface area contributed by atoms with E-state index in [1.807, 2.05) is 25.9 Å². The van der Waals surface area contributed by atoms with Crippen LogP contribution in [0.3, 0.4) is 0 Å². The second-order valence-corrected chi connectivity index (χ2v) is 7.39. The molecule has 1 aromatic carbocycles. The summed E-state index contributed by atoms with van der Waals surface area (Å²) < 4.78 is 26.3. The lowest BCUT2D eigenvalue weighted by molar-refractivity contribution is 0.0926. The number of rotatable bonds is 5. The van der Waals surface area contributed by atoms with Gasteiger partial charge in [-0.1, -0.05) is 0 Å². The van der Waals surface area contributed by atoms with Crippen LogP contribution in [0.15, 0.2) is 24.4 Å². The van der Waals surface area contributed by atoms with Gasteiger partial charge >= 0.3 is 0 Å². The predicted molar refractivity (Wildman–Crippen MR) is 105 cm³/mol. The molecule has 28 heavy (non-hydrogen) atoms. The van der Waals surface area contributed by atoms with Gasteiger partial charge in [0.1, 0.15) is 5.82 Å². The van der Waals surface area contributed by atoms with Gasteiger partial charge in [0.15, 0.2) is 11.6 Å². The number of hydrogen-bond donors (Lipinski definition) is 2. The molecule has 0 aliphatic heterocycles. The van der Waals surface area contributed by atoms with Crippen molar-refractivity contribution in [2.24, 2.45) is 0 Å². The molecule has 1 saturated carbocycles. The molecule has 0 unspecified atom stereocenters. The van der Waals surface area contributed by atoms with E-state index in [-0.39, 0.29) is 23.6 Å². The number of amides is 1. The minimum atomic E-state index is -1.02. The number of nitrogens with zero attached hydrogens (tertiary/aromatic N) is 3. The Morgan fingerprint density at radius 2 is 1.79 bits per heavy atom. The lowest BCUT2D eigenvalue weighted by Gasteiger charge is -2.30. The van der Waals surface area contributed by atoms with E-state index in [2.05, 4.69) is 20.6 Å². The van der Waals surface area contributed by atoms with Gasteiger partial charge in [-0.3, -0.25) is 4.79 Å². The highest BCUT2D eigenvalue weighted by Gasteiger charge is 2.24. The van der Waals surface area contributed by atoms with Crippen molar-refractivity contribution in [2.45, 2.75) is 44.7 Å². The minimum Gasteiger partial charge on any atom is -0.367 e. The van der Waals surface area contributed by atoms with Gasteiger partial charge < -0.3 is 15.5 Å². The monoisotopic (exact) mass is 389 g/mol. The highest BCUT2D eigenvalue weighted by molar-refractivity contribution is 5.94. The lowest BCUT2D eigenvalue weighted by Crippen LogP contribution is -2.40. The Morgan fingerprint density at radius 1 is 1.11 bits per heavy atom. The quantitative estimate of drug-likeness (QED) is 0.821. The Labute approximate surface area is 163 Å². The van der Waals surface area contributed by atoms with Crippen LogP contribution in [-0.4, -0.2) is 42.1 Å². The number of aromatic nitrogens is 2. The molecule has 1 aromatic heterocycles. The second kappa shape index (κ2) is 8.50. The summed E-state index contributed by atoms with van der Waals surface area (Å²) in [6.45, 7) is 1.97. The van der Waals surface area contributed by atoms with Crippen LogP contribution in [0.2, 0.25) is 0 Å². The van der Waals surface area contributed by atoms with E-state index in [0.717, 1.165) is 49.2 Å². The molecule has 0 bridgehead atoms. The summed E-state index contributed by atoms with van der Waals surface area (Å²) in [5.74, 6) is -0.871. The van der Waals surface area contributed by atoms with Crippen molar-refractivity contribution in [1.29, 1.82) is 0 Å². The maximum absolute atomic E-state index is 13.3. The van der Waals surface area contributed by atoms with Gasteiger partial charge in [-0.15, -0.1) is 0 Å². The summed E-state index contributed by atoms with van der Waals surface area (Å²) >= 11 is 0. The SMILES string of the molecule is Cc1cnc(N(C)C)nc1NC1CCC(NC(=O)c2ccc(F)c(F)c2)CC1. The van der Waals surface area contributed by atoms with Crippen molar-refractivity contribution in [1.82, 2.24) is 15.3 Å². The Hall–Kier alpha value is -2.77. The Bertz CT molecular complexity index is 850. The van der Waals surface area contributed by atoms with Gasteiger partial charge in [0.05, 0.1) is 0 Å². The van der Waals surface area contributed by atoms with E-state index in [4.69, 9.17) is 0 Å². The van der Waals surface area contributed by atoms with Crippen molar-refractivity contribution < 1.29 is 13.6 Å². The molecule has 1 heterocycles. The van der Waals surface area contributed by atoms with Crippen LogP contribution in [0.4, 0.5) is 20.5 Å². The zero-order chi connectivity index (χ0) is 20.3. The maximum Gasteiger partial charge on any atom is 0.251 e. The molecule has 0 atom stereocenters. The molecule has 1 aliphatic carbocycles. The second-order valence-electron chi connectivity index (χ2n) is 7.39. The topological polar surface area (TPSA) is 70.2 Å². The fourth-order valence-corrected chi connectivity index (χ4v) is 3.28. The standard InChI is InChI=1S/C20H25F2N5O/c1-12-11-23-20(27(2)3)26-18(12)24-14-5-7-15(8-6-14)25-19(28)13-4-9-16(21)17(22)10-13/h4,9-11,14-15H,5-8H2,1-3H3,(H,25,28)(H,23,24,26). The fraction of sp³-hybridized carbons (Fsp3) is 0.450. The zero-order valence-corrected chi connectivity index (χ0v) is 16.3. The van der Waals surface area contributed by atoms with Crippen LogP contribution in [0.1, 0.15) is 41.6 Å². The van der Waals surface area contributed by atoms with E-state index >= 15 is 0 Å². The van der Waals surface area contributed by atoms with Gasteiger partial charge in [-0.2, -0.15) is 4.98 Å². The van der Waals surface area contributed by atoms with Crippen LogP contribution in [0.5, 0.6) is 0 Å². The first-order chi connectivity index (χ1) is 13.3. The Morgan fingerprint density at radius 3 is 2.43 bits per heavy atom. The first-order valence-electron chi connectivity index (χ1n) is 9.37.